The smallest absolute Gasteiger partial charge is 0.120 e. The molecule has 1 atom stereocenters. The van der Waals surface area contributed by atoms with E-state index in [4.69, 9.17) is 10.00 Å². The molecule has 0 saturated heterocycles. The molecule has 0 radical (unpaired) electrons. The SMILES string of the molecule is CC(CC#N)Oc1ccc2ncccc2c1. The van der Waals surface area contributed by atoms with E-state index in [9.17, 15) is 0 Å². The monoisotopic (exact) mass is 212 g/mol. The summed E-state index contributed by atoms with van der Waals surface area (Å²) in [4.78, 5) is 4.23. The third-order valence-electron chi connectivity index (χ3n) is 2.29. The average Bonchev–Trinajstić information content (AvgIpc) is 2.29. The van der Waals surface area contributed by atoms with Crippen molar-refractivity contribution in [2.45, 2.75) is 19.4 Å². The Kier molecular flexibility index (Phi) is 3.02. The highest BCUT2D eigenvalue weighted by molar-refractivity contribution is 5.79. The molecule has 0 amide bonds. The Hall–Kier alpha value is -2.08. The van der Waals surface area contributed by atoms with Crippen molar-refractivity contribution in [2.75, 3.05) is 0 Å². The van der Waals surface area contributed by atoms with Crippen molar-refractivity contribution < 1.29 is 4.74 Å². The summed E-state index contributed by atoms with van der Waals surface area (Å²) < 4.78 is 5.61. The largest absolute Gasteiger partial charge is 0.490 e. The first-order valence-corrected chi connectivity index (χ1v) is 5.18. The Morgan fingerprint density at radius 1 is 1.44 bits per heavy atom. The summed E-state index contributed by atoms with van der Waals surface area (Å²) in [5, 5.41) is 9.59. The first-order chi connectivity index (χ1) is 7.79. The normalized spacial score (nSPS) is 12.0. The summed E-state index contributed by atoms with van der Waals surface area (Å²) >= 11 is 0. The minimum Gasteiger partial charge on any atom is -0.490 e. The summed E-state index contributed by atoms with van der Waals surface area (Å²) in [5.41, 5.74) is 0.947. The second-order valence-electron chi connectivity index (χ2n) is 3.65. The highest BCUT2D eigenvalue weighted by atomic mass is 16.5. The maximum absolute atomic E-state index is 8.55. The third-order valence-corrected chi connectivity index (χ3v) is 2.29. The van der Waals surface area contributed by atoms with Crippen LogP contribution in [0.25, 0.3) is 10.9 Å². The molecule has 1 aromatic heterocycles. The first kappa shape index (κ1) is 10.4. The zero-order chi connectivity index (χ0) is 11.4. The molecule has 0 saturated carbocycles. The molecule has 0 aliphatic heterocycles. The van der Waals surface area contributed by atoms with Gasteiger partial charge in [-0.25, -0.2) is 0 Å². The second kappa shape index (κ2) is 4.63. The average molecular weight is 212 g/mol. The number of hydrogen-bond donors (Lipinski definition) is 0. The van der Waals surface area contributed by atoms with Crippen molar-refractivity contribution in [1.29, 1.82) is 5.26 Å². The molecule has 0 aliphatic rings. The van der Waals surface area contributed by atoms with E-state index in [0.29, 0.717) is 6.42 Å². The Bertz CT molecular complexity index is 531. The van der Waals surface area contributed by atoms with Gasteiger partial charge >= 0.3 is 0 Å². The molecule has 0 bridgehead atoms. The van der Waals surface area contributed by atoms with Crippen LogP contribution in [0.15, 0.2) is 36.5 Å². The van der Waals surface area contributed by atoms with Crippen LogP contribution in [0.3, 0.4) is 0 Å². The predicted octanol–water partition coefficient (Wildman–Crippen LogP) is 2.92. The van der Waals surface area contributed by atoms with Gasteiger partial charge in [-0.1, -0.05) is 6.07 Å². The van der Waals surface area contributed by atoms with Crippen LogP contribution < -0.4 is 4.74 Å². The zero-order valence-corrected chi connectivity index (χ0v) is 9.05. The van der Waals surface area contributed by atoms with Crippen molar-refractivity contribution in [3.8, 4) is 11.8 Å². The van der Waals surface area contributed by atoms with Crippen molar-refractivity contribution >= 4 is 10.9 Å². The summed E-state index contributed by atoms with van der Waals surface area (Å²) in [7, 11) is 0. The molecule has 3 heteroatoms. The summed E-state index contributed by atoms with van der Waals surface area (Å²) in [6, 6.07) is 11.7. The van der Waals surface area contributed by atoms with Crippen LogP contribution in [0.4, 0.5) is 0 Å². The molecule has 2 rings (SSSR count). The number of nitrogens with zero attached hydrogens (tertiary/aromatic N) is 2. The van der Waals surface area contributed by atoms with Gasteiger partial charge in [0, 0.05) is 11.6 Å². The van der Waals surface area contributed by atoms with Crippen LogP contribution in [0, 0.1) is 11.3 Å². The zero-order valence-electron chi connectivity index (χ0n) is 9.05. The van der Waals surface area contributed by atoms with Gasteiger partial charge in [-0.15, -0.1) is 0 Å². The molecular formula is C13H12N2O. The predicted molar refractivity (Wildman–Crippen MR) is 62.1 cm³/mol. The number of pyridine rings is 1. The molecule has 1 unspecified atom stereocenters. The van der Waals surface area contributed by atoms with Crippen molar-refractivity contribution in [3.05, 3.63) is 36.5 Å². The van der Waals surface area contributed by atoms with Gasteiger partial charge in [0.2, 0.25) is 0 Å². The number of rotatable bonds is 3. The van der Waals surface area contributed by atoms with Gasteiger partial charge in [0.1, 0.15) is 11.9 Å². The fraction of sp³-hybridized carbons (Fsp3) is 0.231. The first-order valence-electron chi connectivity index (χ1n) is 5.18. The molecule has 0 spiro atoms. The Morgan fingerprint density at radius 2 is 2.31 bits per heavy atom. The van der Waals surface area contributed by atoms with Gasteiger partial charge in [0.15, 0.2) is 0 Å². The minimum atomic E-state index is -0.0841. The summed E-state index contributed by atoms with van der Waals surface area (Å²) in [6.45, 7) is 1.89. The molecule has 1 heterocycles. The number of fused-ring (bicyclic) bond motifs is 1. The van der Waals surface area contributed by atoms with Crippen molar-refractivity contribution in [1.82, 2.24) is 4.98 Å². The lowest BCUT2D eigenvalue weighted by Gasteiger charge is -2.11. The molecule has 80 valence electrons. The Balaban J connectivity index is 2.23. The van der Waals surface area contributed by atoms with Crippen LogP contribution in [0.2, 0.25) is 0 Å². The van der Waals surface area contributed by atoms with Crippen LogP contribution in [0.1, 0.15) is 13.3 Å². The lowest BCUT2D eigenvalue weighted by atomic mass is 10.2. The van der Waals surface area contributed by atoms with Gasteiger partial charge in [0.05, 0.1) is 18.0 Å². The Morgan fingerprint density at radius 3 is 3.12 bits per heavy atom. The molecule has 16 heavy (non-hydrogen) atoms. The van der Waals surface area contributed by atoms with Gasteiger partial charge in [0.25, 0.3) is 0 Å². The van der Waals surface area contributed by atoms with E-state index < -0.39 is 0 Å². The van der Waals surface area contributed by atoms with E-state index in [1.54, 1.807) is 6.20 Å². The quantitative estimate of drug-likeness (QED) is 0.785. The van der Waals surface area contributed by atoms with Crippen LogP contribution in [-0.4, -0.2) is 11.1 Å². The highest BCUT2D eigenvalue weighted by Gasteiger charge is 2.03. The van der Waals surface area contributed by atoms with Gasteiger partial charge < -0.3 is 4.74 Å². The molecule has 2 aromatic rings. The number of ether oxygens (including phenoxy) is 1. The number of aromatic nitrogens is 1. The van der Waals surface area contributed by atoms with E-state index >= 15 is 0 Å². The fourth-order valence-electron chi connectivity index (χ4n) is 1.53. The van der Waals surface area contributed by atoms with Gasteiger partial charge in [-0.3, -0.25) is 4.98 Å². The van der Waals surface area contributed by atoms with E-state index in [1.807, 2.05) is 37.3 Å². The molecule has 0 N–H and O–H groups in total. The Labute approximate surface area is 94.3 Å². The summed E-state index contributed by atoms with van der Waals surface area (Å²) in [5.74, 6) is 0.781. The molecule has 3 nitrogen and oxygen atoms in total. The number of benzene rings is 1. The third kappa shape index (κ3) is 2.29. The molecular weight excluding hydrogens is 200 g/mol. The fourth-order valence-corrected chi connectivity index (χ4v) is 1.53. The second-order valence-corrected chi connectivity index (χ2v) is 3.65. The maximum atomic E-state index is 8.55. The van der Waals surface area contributed by atoms with Gasteiger partial charge in [-0.05, 0) is 31.2 Å². The highest BCUT2D eigenvalue weighted by Crippen LogP contribution is 2.20. The standard InChI is InChI=1S/C13H12N2O/c1-10(6-7-14)16-12-4-5-13-11(9-12)3-2-8-15-13/h2-5,8-10H,6H2,1H3. The molecule has 1 aromatic carbocycles. The molecule has 0 fully saturated rings. The van der Waals surface area contributed by atoms with Crippen molar-refractivity contribution in [3.63, 3.8) is 0 Å². The van der Waals surface area contributed by atoms with E-state index in [2.05, 4.69) is 11.1 Å². The molecule has 0 aliphatic carbocycles. The van der Waals surface area contributed by atoms with Crippen LogP contribution >= 0.6 is 0 Å². The van der Waals surface area contributed by atoms with E-state index in [1.165, 1.54) is 0 Å². The van der Waals surface area contributed by atoms with Crippen LogP contribution in [0.5, 0.6) is 5.75 Å². The van der Waals surface area contributed by atoms with E-state index in [0.717, 1.165) is 16.7 Å². The minimum absolute atomic E-state index is 0.0841. The lowest BCUT2D eigenvalue weighted by molar-refractivity contribution is 0.227. The van der Waals surface area contributed by atoms with Crippen LogP contribution in [-0.2, 0) is 0 Å². The summed E-state index contributed by atoms with van der Waals surface area (Å²) in [6.07, 6.45) is 2.07. The van der Waals surface area contributed by atoms with E-state index in [-0.39, 0.29) is 6.10 Å². The number of hydrogen-bond acceptors (Lipinski definition) is 3. The maximum Gasteiger partial charge on any atom is 0.120 e. The lowest BCUT2D eigenvalue weighted by Crippen LogP contribution is -2.10. The van der Waals surface area contributed by atoms with Crippen molar-refractivity contribution in [2.24, 2.45) is 0 Å². The number of nitriles is 1. The topological polar surface area (TPSA) is 45.9 Å². The van der Waals surface area contributed by atoms with Gasteiger partial charge in [-0.2, -0.15) is 5.26 Å².